The first-order chi connectivity index (χ1) is 15.9. The van der Waals surface area contributed by atoms with Crippen LogP contribution in [0.5, 0.6) is 0 Å². The number of amides is 1. The van der Waals surface area contributed by atoms with Crippen molar-refractivity contribution in [2.45, 2.75) is 32.6 Å². The molecule has 0 unspecified atom stereocenters. The number of fused-ring (bicyclic) bond motifs is 1. The smallest absolute Gasteiger partial charge is 0.253 e. The Labute approximate surface area is 199 Å². The molecule has 4 nitrogen and oxygen atoms in total. The second-order valence-corrected chi connectivity index (χ2v) is 9.49. The molecule has 5 heteroatoms. The zero-order valence-electron chi connectivity index (χ0n) is 19.3. The van der Waals surface area contributed by atoms with Crippen LogP contribution in [0, 0.1) is 13.8 Å². The molecule has 5 rings (SSSR count). The Balaban J connectivity index is 1.39. The van der Waals surface area contributed by atoms with Crippen LogP contribution in [0.4, 0.5) is 0 Å². The summed E-state index contributed by atoms with van der Waals surface area (Å²) in [4.78, 5) is 20.4. The number of aryl methyl sites for hydroxylation is 2. The van der Waals surface area contributed by atoms with Crippen molar-refractivity contribution in [1.29, 1.82) is 0 Å². The van der Waals surface area contributed by atoms with Crippen LogP contribution in [0.1, 0.15) is 46.1 Å². The summed E-state index contributed by atoms with van der Waals surface area (Å²) in [6.45, 7) is 5.72. The molecule has 1 saturated heterocycles. The van der Waals surface area contributed by atoms with Crippen molar-refractivity contribution in [1.82, 2.24) is 14.5 Å². The summed E-state index contributed by atoms with van der Waals surface area (Å²) in [5.74, 6) is 0.333. The van der Waals surface area contributed by atoms with Gasteiger partial charge in [-0.2, -0.15) is 0 Å². The second kappa shape index (κ2) is 8.68. The van der Waals surface area contributed by atoms with E-state index >= 15 is 0 Å². The molecule has 0 radical (unpaired) electrons. The molecule has 33 heavy (non-hydrogen) atoms. The first-order valence-electron chi connectivity index (χ1n) is 11.5. The lowest BCUT2D eigenvalue weighted by Gasteiger charge is -2.32. The quantitative estimate of drug-likeness (QED) is 0.350. The maximum Gasteiger partial charge on any atom is 0.253 e. The van der Waals surface area contributed by atoms with Crippen LogP contribution in [-0.2, 0) is 7.05 Å². The van der Waals surface area contributed by atoms with Crippen LogP contribution in [0.3, 0.4) is 0 Å². The monoisotopic (exact) mass is 457 g/mol. The van der Waals surface area contributed by atoms with Gasteiger partial charge in [0.1, 0.15) is 0 Å². The summed E-state index contributed by atoms with van der Waals surface area (Å²) in [7, 11) is 2.08. The van der Waals surface area contributed by atoms with Crippen molar-refractivity contribution in [2.75, 3.05) is 13.1 Å². The lowest BCUT2D eigenvalue weighted by atomic mass is 9.93. The van der Waals surface area contributed by atoms with E-state index in [-0.39, 0.29) is 11.8 Å². The van der Waals surface area contributed by atoms with Crippen molar-refractivity contribution < 1.29 is 4.79 Å². The normalized spacial score (nSPS) is 16.4. The fourth-order valence-corrected chi connectivity index (χ4v) is 5.15. The van der Waals surface area contributed by atoms with E-state index in [1.807, 2.05) is 47.4 Å². The third-order valence-corrected chi connectivity index (χ3v) is 7.31. The SMILES string of the molecule is Cc1c(C)n(C)c2ccc(C(=O)N3CCC[C@@H](c4cccc(-c5cccc(Cl)c5)n4)C3)cc12. The topological polar surface area (TPSA) is 38.1 Å². The highest BCUT2D eigenvalue weighted by atomic mass is 35.5. The fourth-order valence-electron chi connectivity index (χ4n) is 4.96. The van der Waals surface area contributed by atoms with Gasteiger partial charge in [0.05, 0.1) is 5.69 Å². The molecule has 0 aliphatic carbocycles. The highest BCUT2D eigenvalue weighted by Crippen LogP contribution is 2.30. The van der Waals surface area contributed by atoms with Crippen LogP contribution in [0.2, 0.25) is 5.02 Å². The molecule has 1 fully saturated rings. The van der Waals surface area contributed by atoms with E-state index in [9.17, 15) is 4.79 Å². The van der Waals surface area contributed by atoms with E-state index in [1.54, 1.807) is 0 Å². The summed E-state index contributed by atoms with van der Waals surface area (Å²) in [6, 6.07) is 20.0. The largest absolute Gasteiger partial charge is 0.348 e. The average molecular weight is 458 g/mol. The maximum absolute atomic E-state index is 13.4. The molecule has 0 saturated carbocycles. The molecule has 3 heterocycles. The number of nitrogens with zero attached hydrogens (tertiary/aromatic N) is 3. The van der Waals surface area contributed by atoms with Gasteiger partial charge in [-0.15, -0.1) is 0 Å². The summed E-state index contributed by atoms with van der Waals surface area (Å²) >= 11 is 6.18. The van der Waals surface area contributed by atoms with E-state index in [0.29, 0.717) is 11.6 Å². The van der Waals surface area contributed by atoms with E-state index in [1.165, 1.54) is 16.8 Å². The molecule has 2 aromatic carbocycles. The lowest BCUT2D eigenvalue weighted by Crippen LogP contribution is -2.39. The van der Waals surface area contributed by atoms with E-state index in [2.05, 4.69) is 43.7 Å². The van der Waals surface area contributed by atoms with Crippen molar-refractivity contribution in [3.8, 4) is 11.3 Å². The Morgan fingerprint density at radius 3 is 2.70 bits per heavy atom. The van der Waals surface area contributed by atoms with E-state index in [4.69, 9.17) is 16.6 Å². The third kappa shape index (κ3) is 4.04. The van der Waals surface area contributed by atoms with Gasteiger partial charge < -0.3 is 9.47 Å². The van der Waals surface area contributed by atoms with Crippen molar-refractivity contribution >= 4 is 28.4 Å². The van der Waals surface area contributed by atoms with Crippen molar-refractivity contribution in [3.63, 3.8) is 0 Å². The number of benzene rings is 2. The minimum Gasteiger partial charge on any atom is -0.348 e. The third-order valence-electron chi connectivity index (χ3n) is 7.07. The summed E-state index contributed by atoms with van der Waals surface area (Å²) in [6.07, 6.45) is 2.01. The minimum atomic E-state index is 0.105. The molecule has 4 aromatic rings. The van der Waals surface area contributed by atoms with Crippen molar-refractivity contribution in [2.24, 2.45) is 7.05 Å². The number of carbonyl (C=O) groups excluding carboxylic acids is 1. The Morgan fingerprint density at radius 1 is 1.06 bits per heavy atom. The molecular weight excluding hydrogens is 430 g/mol. The van der Waals surface area contributed by atoms with Gasteiger partial charge >= 0.3 is 0 Å². The van der Waals surface area contributed by atoms with Gasteiger partial charge in [-0.05, 0) is 74.7 Å². The maximum atomic E-state index is 13.4. The minimum absolute atomic E-state index is 0.105. The second-order valence-electron chi connectivity index (χ2n) is 9.05. The molecular formula is C28H28ClN3O. The van der Waals surface area contributed by atoms with E-state index in [0.717, 1.165) is 47.3 Å². The number of carbonyl (C=O) groups is 1. The number of likely N-dealkylation sites (tertiary alicyclic amines) is 1. The molecule has 0 bridgehead atoms. The molecule has 1 amide bonds. The Kier molecular flexibility index (Phi) is 5.71. The average Bonchev–Trinajstić information content (AvgIpc) is 3.07. The van der Waals surface area contributed by atoms with Gasteiger partial charge in [0.15, 0.2) is 0 Å². The van der Waals surface area contributed by atoms with Crippen LogP contribution in [0.25, 0.3) is 22.2 Å². The van der Waals surface area contributed by atoms with Crippen LogP contribution in [0.15, 0.2) is 60.7 Å². The number of hydrogen-bond acceptors (Lipinski definition) is 2. The number of pyridine rings is 1. The zero-order chi connectivity index (χ0) is 23.1. The standard InChI is InChI=1S/C28H28ClN3O/c1-18-19(2)31(3)27-13-12-21(16-24(18)27)28(33)32-14-6-8-22(17-32)26-11-5-10-25(30-26)20-7-4-9-23(29)15-20/h4-5,7,9-13,15-16,22H,6,8,14,17H2,1-3H3/t22-/m1/s1. The highest BCUT2D eigenvalue weighted by Gasteiger charge is 2.27. The van der Waals surface area contributed by atoms with Crippen LogP contribution in [-0.4, -0.2) is 33.4 Å². The molecule has 168 valence electrons. The molecule has 1 aliphatic heterocycles. The molecule has 2 aromatic heterocycles. The molecule has 0 N–H and O–H groups in total. The molecule has 1 atom stereocenters. The molecule has 0 spiro atoms. The van der Waals surface area contributed by atoms with Gasteiger partial charge in [0.25, 0.3) is 5.91 Å². The van der Waals surface area contributed by atoms with Gasteiger partial charge in [-0.25, -0.2) is 0 Å². The Hall–Kier alpha value is -3.11. The highest BCUT2D eigenvalue weighted by molar-refractivity contribution is 6.30. The predicted molar refractivity (Wildman–Crippen MR) is 135 cm³/mol. The Bertz CT molecular complexity index is 1360. The van der Waals surface area contributed by atoms with Crippen LogP contribution < -0.4 is 0 Å². The van der Waals surface area contributed by atoms with Gasteiger partial charge in [-0.1, -0.05) is 29.8 Å². The summed E-state index contributed by atoms with van der Waals surface area (Å²) in [5, 5.41) is 1.86. The summed E-state index contributed by atoms with van der Waals surface area (Å²) in [5.41, 5.74) is 7.36. The van der Waals surface area contributed by atoms with Gasteiger partial charge in [0, 0.05) is 64.5 Å². The predicted octanol–water partition coefficient (Wildman–Crippen LogP) is 6.53. The number of rotatable bonds is 3. The van der Waals surface area contributed by atoms with E-state index < -0.39 is 0 Å². The number of hydrogen-bond donors (Lipinski definition) is 0. The van der Waals surface area contributed by atoms with Gasteiger partial charge in [0.2, 0.25) is 0 Å². The zero-order valence-corrected chi connectivity index (χ0v) is 20.1. The first kappa shape index (κ1) is 21.7. The first-order valence-corrected chi connectivity index (χ1v) is 11.9. The Morgan fingerprint density at radius 2 is 1.88 bits per heavy atom. The number of piperidine rings is 1. The van der Waals surface area contributed by atoms with Crippen LogP contribution >= 0.6 is 11.6 Å². The number of aromatic nitrogens is 2. The molecule has 1 aliphatic rings. The lowest BCUT2D eigenvalue weighted by molar-refractivity contribution is 0.0706. The number of halogens is 1. The fraction of sp³-hybridized carbons (Fsp3) is 0.286. The summed E-state index contributed by atoms with van der Waals surface area (Å²) < 4.78 is 2.19. The van der Waals surface area contributed by atoms with Crippen molar-refractivity contribution in [3.05, 3.63) is 88.2 Å². The van der Waals surface area contributed by atoms with Gasteiger partial charge in [-0.3, -0.25) is 9.78 Å².